The van der Waals surface area contributed by atoms with E-state index in [1.54, 1.807) is 0 Å². The zero-order valence-electron chi connectivity index (χ0n) is 11.8. The highest BCUT2D eigenvalue weighted by molar-refractivity contribution is 7.09. The predicted octanol–water partition coefficient (Wildman–Crippen LogP) is 0.623. The predicted molar refractivity (Wildman–Crippen MR) is 78.8 cm³/mol. The summed E-state index contributed by atoms with van der Waals surface area (Å²) >= 11 is 1.44. The van der Waals surface area contributed by atoms with Gasteiger partial charge in [-0.1, -0.05) is 0 Å². The van der Waals surface area contributed by atoms with Crippen LogP contribution in [0.3, 0.4) is 0 Å². The molecular formula is C13H21N5OS. The molecule has 0 aromatic carbocycles. The Balaban J connectivity index is 1.54. The van der Waals surface area contributed by atoms with Crippen LogP contribution in [0.1, 0.15) is 25.1 Å². The summed E-state index contributed by atoms with van der Waals surface area (Å²) in [6, 6.07) is 0.217. The van der Waals surface area contributed by atoms with Gasteiger partial charge in [-0.2, -0.15) is 4.37 Å². The summed E-state index contributed by atoms with van der Waals surface area (Å²) in [7, 11) is 0. The molecule has 1 aliphatic carbocycles. The van der Waals surface area contributed by atoms with Crippen LogP contribution in [-0.2, 0) is 4.79 Å². The van der Waals surface area contributed by atoms with Crippen LogP contribution in [0.2, 0.25) is 0 Å². The fraction of sp³-hybridized carbons (Fsp3) is 0.769. The molecule has 2 atom stereocenters. The molecule has 1 aromatic heterocycles. The Morgan fingerprint density at radius 2 is 2.05 bits per heavy atom. The minimum Gasteiger partial charge on any atom is -0.343 e. The number of aryl methyl sites for hydroxylation is 1. The van der Waals surface area contributed by atoms with Gasteiger partial charge in [0, 0.05) is 49.7 Å². The molecule has 0 spiro atoms. The maximum absolute atomic E-state index is 12.4. The number of rotatable bonds is 2. The topological polar surface area (TPSA) is 75.4 Å². The molecule has 1 aliphatic heterocycles. The molecule has 1 amide bonds. The Hall–Kier alpha value is -1.21. The first kappa shape index (κ1) is 13.8. The van der Waals surface area contributed by atoms with Crippen LogP contribution in [0.25, 0.3) is 0 Å². The molecule has 1 saturated heterocycles. The maximum atomic E-state index is 12.4. The van der Waals surface area contributed by atoms with Crippen molar-refractivity contribution in [3.05, 3.63) is 5.82 Å². The van der Waals surface area contributed by atoms with Crippen molar-refractivity contribution < 1.29 is 4.79 Å². The lowest BCUT2D eigenvalue weighted by atomic mass is 10.1. The first-order valence-corrected chi connectivity index (χ1v) is 8.00. The van der Waals surface area contributed by atoms with Crippen LogP contribution >= 0.6 is 11.5 Å². The van der Waals surface area contributed by atoms with Gasteiger partial charge >= 0.3 is 0 Å². The lowest BCUT2D eigenvalue weighted by Gasteiger charge is -2.35. The SMILES string of the molecule is Cc1nsc(N2CCN(C(=O)C3CCC(N)C3)CC2)n1. The van der Waals surface area contributed by atoms with Gasteiger partial charge in [-0.05, 0) is 26.2 Å². The molecule has 2 N–H and O–H groups in total. The van der Waals surface area contributed by atoms with Crippen LogP contribution < -0.4 is 10.6 Å². The van der Waals surface area contributed by atoms with Crippen molar-refractivity contribution in [2.24, 2.45) is 11.7 Å². The first-order chi connectivity index (χ1) is 9.63. The quantitative estimate of drug-likeness (QED) is 0.866. The van der Waals surface area contributed by atoms with E-state index in [-0.39, 0.29) is 12.0 Å². The van der Waals surface area contributed by atoms with Crippen molar-refractivity contribution in [2.45, 2.75) is 32.2 Å². The van der Waals surface area contributed by atoms with E-state index in [0.29, 0.717) is 5.91 Å². The number of amides is 1. The van der Waals surface area contributed by atoms with Crippen molar-refractivity contribution in [3.63, 3.8) is 0 Å². The Bertz CT molecular complexity index is 483. The molecule has 0 bridgehead atoms. The number of piperazine rings is 1. The van der Waals surface area contributed by atoms with E-state index in [2.05, 4.69) is 14.3 Å². The van der Waals surface area contributed by atoms with Crippen LogP contribution in [0.5, 0.6) is 0 Å². The molecule has 2 fully saturated rings. The Kier molecular flexibility index (Phi) is 3.89. The monoisotopic (exact) mass is 295 g/mol. The molecule has 7 heteroatoms. The third-order valence-corrected chi connectivity index (χ3v) is 5.07. The van der Waals surface area contributed by atoms with Gasteiger partial charge < -0.3 is 15.5 Å². The first-order valence-electron chi connectivity index (χ1n) is 7.23. The number of hydrogen-bond acceptors (Lipinski definition) is 6. The van der Waals surface area contributed by atoms with Gasteiger partial charge in [-0.25, -0.2) is 4.98 Å². The minimum absolute atomic E-state index is 0.153. The van der Waals surface area contributed by atoms with Crippen LogP contribution in [0.4, 0.5) is 5.13 Å². The Morgan fingerprint density at radius 1 is 1.30 bits per heavy atom. The van der Waals surface area contributed by atoms with Crippen molar-refractivity contribution in [1.29, 1.82) is 0 Å². The number of carbonyl (C=O) groups is 1. The van der Waals surface area contributed by atoms with Crippen molar-refractivity contribution in [3.8, 4) is 0 Å². The number of carbonyl (C=O) groups excluding carboxylic acids is 1. The highest BCUT2D eigenvalue weighted by Crippen LogP contribution is 2.27. The van der Waals surface area contributed by atoms with E-state index in [1.807, 2.05) is 11.8 Å². The van der Waals surface area contributed by atoms with E-state index >= 15 is 0 Å². The van der Waals surface area contributed by atoms with E-state index in [0.717, 1.165) is 56.4 Å². The summed E-state index contributed by atoms with van der Waals surface area (Å²) in [5, 5.41) is 0.970. The normalized spacial score (nSPS) is 27.1. The van der Waals surface area contributed by atoms with Gasteiger partial charge in [0.05, 0.1) is 0 Å². The zero-order chi connectivity index (χ0) is 14.1. The van der Waals surface area contributed by atoms with Crippen LogP contribution in [0, 0.1) is 12.8 Å². The van der Waals surface area contributed by atoms with E-state index in [4.69, 9.17) is 5.73 Å². The van der Waals surface area contributed by atoms with Gasteiger partial charge in [0.2, 0.25) is 11.0 Å². The minimum atomic E-state index is 0.153. The molecule has 20 heavy (non-hydrogen) atoms. The molecule has 1 aromatic rings. The summed E-state index contributed by atoms with van der Waals surface area (Å²) in [5.41, 5.74) is 5.90. The van der Waals surface area contributed by atoms with Gasteiger partial charge in [0.1, 0.15) is 5.82 Å². The molecule has 2 unspecified atom stereocenters. The molecule has 2 heterocycles. The third kappa shape index (κ3) is 2.78. The molecule has 110 valence electrons. The molecular weight excluding hydrogens is 274 g/mol. The largest absolute Gasteiger partial charge is 0.343 e. The third-order valence-electron chi connectivity index (χ3n) is 4.20. The van der Waals surface area contributed by atoms with Gasteiger partial charge in [-0.3, -0.25) is 4.79 Å². The molecule has 6 nitrogen and oxygen atoms in total. The Labute approximate surface area is 123 Å². The summed E-state index contributed by atoms with van der Waals surface area (Å²) in [5.74, 6) is 1.27. The molecule has 1 saturated carbocycles. The van der Waals surface area contributed by atoms with Gasteiger partial charge in [-0.15, -0.1) is 0 Å². The smallest absolute Gasteiger partial charge is 0.225 e. The standard InChI is InChI=1S/C13H21N5OS/c1-9-15-13(20-16-9)18-6-4-17(5-7-18)12(19)10-2-3-11(14)8-10/h10-11H,2-8,14H2,1H3. The zero-order valence-corrected chi connectivity index (χ0v) is 12.6. The highest BCUT2D eigenvalue weighted by Gasteiger charge is 2.32. The van der Waals surface area contributed by atoms with E-state index in [1.165, 1.54) is 11.5 Å². The van der Waals surface area contributed by atoms with Crippen molar-refractivity contribution in [2.75, 3.05) is 31.1 Å². The van der Waals surface area contributed by atoms with Gasteiger partial charge in [0.15, 0.2) is 0 Å². The lowest BCUT2D eigenvalue weighted by Crippen LogP contribution is -2.50. The number of nitrogens with zero attached hydrogens (tertiary/aromatic N) is 4. The van der Waals surface area contributed by atoms with Crippen molar-refractivity contribution in [1.82, 2.24) is 14.3 Å². The second-order valence-corrected chi connectivity index (χ2v) is 6.44. The number of aromatic nitrogens is 2. The highest BCUT2D eigenvalue weighted by atomic mass is 32.1. The van der Waals surface area contributed by atoms with Crippen LogP contribution in [0.15, 0.2) is 0 Å². The summed E-state index contributed by atoms with van der Waals surface area (Å²) in [6.45, 7) is 5.16. The summed E-state index contributed by atoms with van der Waals surface area (Å²) in [6.07, 6.45) is 2.80. The van der Waals surface area contributed by atoms with Crippen molar-refractivity contribution >= 4 is 22.6 Å². The van der Waals surface area contributed by atoms with E-state index in [9.17, 15) is 4.79 Å². The molecule has 3 rings (SSSR count). The summed E-state index contributed by atoms with van der Waals surface area (Å²) < 4.78 is 4.21. The summed E-state index contributed by atoms with van der Waals surface area (Å²) in [4.78, 5) is 21.0. The van der Waals surface area contributed by atoms with Crippen LogP contribution in [-0.4, -0.2) is 52.4 Å². The lowest BCUT2D eigenvalue weighted by molar-refractivity contribution is -0.135. The number of nitrogens with two attached hydrogens (primary N) is 1. The van der Waals surface area contributed by atoms with E-state index < -0.39 is 0 Å². The second kappa shape index (κ2) is 5.65. The fourth-order valence-corrected chi connectivity index (χ4v) is 3.76. The maximum Gasteiger partial charge on any atom is 0.225 e. The second-order valence-electron chi connectivity index (χ2n) is 5.71. The van der Waals surface area contributed by atoms with Gasteiger partial charge in [0.25, 0.3) is 0 Å². The fourth-order valence-electron chi connectivity index (χ4n) is 3.03. The molecule has 0 radical (unpaired) electrons. The number of anilines is 1. The average molecular weight is 295 g/mol. The number of hydrogen-bond donors (Lipinski definition) is 1. The average Bonchev–Trinajstić information content (AvgIpc) is 3.07. The Morgan fingerprint density at radius 3 is 2.60 bits per heavy atom. The molecule has 2 aliphatic rings.